The van der Waals surface area contributed by atoms with Crippen molar-refractivity contribution in [2.45, 2.75) is 39.0 Å². The Morgan fingerprint density at radius 1 is 1.03 bits per heavy atom. The SMILES string of the molecule is CC(c1cccc(-c2ccc(C#N)cc2)c1N(C)N1C[C@@H](C)O[C@@H](C)C1)N(C)C. The summed E-state index contributed by atoms with van der Waals surface area (Å²) < 4.78 is 5.95. The fourth-order valence-electron chi connectivity index (χ4n) is 4.03. The molecule has 0 aromatic heterocycles. The molecule has 2 aromatic rings. The molecule has 0 bridgehead atoms. The zero-order chi connectivity index (χ0) is 21.1. The second-order valence-electron chi connectivity index (χ2n) is 8.22. The van der Waals surface area contributed by atoms with E-state index in [2.05, 4.69) is 81.1 Å². The fourth-order valence-corrected chi connectivity index (χ4v) is 4.03. The van der Waals surface area contributed by atoms with Crippen molar-refractivity contribution in [2.75, 3.05) is 39.2 Å². The van der Waals surface area contributed by atoms with Crippen molar-refractivity contribution in [3.63, 3.8) is 0 Å². The molecule has 2 aromatic carbocycles. The molecule has 1 aliphatic heterocycles. The Kier molecular flexibility index (Phi) is 6.59. The van der Waals surface area contributed by atoms with Crippen molar-refractivity contribution in [1.29, 1.82) is 5.26 Å². The number of hydrogen-bond acceptors (Lipinski definition) is 5. The maximum absolute atomic E-state index is 9.16. The predicted molar refractivity (Wildman–Crippen MR) is 119 cm³/mol. The van der Waals surface area contributed by atoms with Gasteiger partial charge in [0.15, 0.2) is 0 Å². The minimum atomic E-state index is 0.193. The molecule has 0 amide bonds. The van der Waals surface area contributed by atoms with Crippen LogP contribution in [0.5, 0.6) is 0 Å². The van der Waals surface area contributed by atoms with E-state index < -0.39 is 0 Å². The largest absolute Gasteiger partial charge is 0.373 e. The van der Waals surface area contributed by atoms with Crippen LogP contribution in [0.4, 0.5) is 5.69 Å². The van der Waals surface area contributed by atoms with Crippen molar-refractivity contribution >= 4 is 5.69 Å². The van der Waals surface area contributed by atoms with Crippen LogP contribution in [-0.2, 0) is 4.74 Å². The number of rotatable bonds is 5. The number of ether oxygens (including phenoxy) is 1. The minimum absolute atomic E-state index is 0.193. The predicted octanol–water partition coefficient (Wildman–Crippen LogP) is 4.31. The van der Waals surface area contributed by atoms with Crippen LogP contribution >= 0.6 is 0 Å². The van der Waals surface area contributed by atoms with E-state index in [1.807, 2.05) is 24.3 Å². The quantitative estimate of drug-likeness (QED) is 0.759. The highest BCUT2D eigenvalue weighted by Gasteiger charge is 2.28. The lowest BCUT2D eigenvalue weighted by Gasteiger charge is -2.43. The van der Waals surface area contributed by atoms with E-state index in [1.165, 1.54) is 16.8 Å². The van der Waals surface area contributed by atoms with Crippen LogP contribution in [0.25, 0.3) is 11.1 Å². The van der Waals surface area contributed by atoms with Crippen molar-refractivity contribution < 1.29 is 4.74 Å². The smallest absolute Gasteiger partial charge is 0.0991 e. The first-order valence-corrected chi connectivity index (χ1v) is 10.3. The number of hydrogen-bond donors (Lipinski definition) is 0. The summed E-state index contributed by atoms with van der Waals surface area (Å²) in [5, 5.41) is 13.8. The number of morpholine rings is 1. The monoisotopic (exact) mass is 392 g/mol. The minimum Gasteiger partial charge on any atom is -0.373 e. The van der Waals surface area contributed by atoms with Gasteiger partial charge in [-0.25, -0.2) is 5.01 Å². The Labute approximate surface area is 175 Å². The first-order chi connectivity index (χ1) is 13.8. The van der Waals surface area contributed by atoms with Crippen LogP contribution in [0.1, 0.15) is 37.9 Å². The molecule has 0 spiro atoms. The van der Waals surface area contributed by atoms with Gasteiger partial charge in [0.05, 0.1) is 29.5 Å². The van der Waals surface area contributed by atoms with E-state index in [0.29, 0.717) is 5.56 Å². The van der Waals surface area contributed by atoms with Crippen LogP contribution in [0.2, 0.25) is 0 Å². The third-order valence-electron chi connectivity index (χ3n) is 5.77. The average molecular weight is 393 g/mol. The number of benzene rings is 2. The standard InChI is InChI=1S/C24H32N4O/c1-17-15-28(16-18(2)29-17)27(6)24-22(19(3)26(4)5)8-7-9-23(24)21-12-10-20(14-25)11-13-21/h7-13,17-19H,15-16H2,1-6H3/t17-,18+,19?. The van der Waals surface area contributed by atoms with Crippen molar-refractivity contribution in [1.82, 2.24) is 9.91 Å². The molecule has 1 fully saturated rings. The fraction of sp³-hybridized carbons (Fsp3) is 0.458. The molecule has 1 heterocycles. The van der Waals surface area contributed by atoms with Crippen molar-refractivity contribution in [3.05, 3.63) is 53.6 Å². The molecule has 3 rings (SSSR count). The van der Waals surface area contributed by atoms with Gasteiger partial charge in [-0.3, -0.25) is 0 Å². The Morgan fingerprint density at radius 3 is 2.21 bits per heavy atom. The molecule has 0 N–H and O–H groups in total. The zero-order valence-corrected chi connectivity index (χ0v) is 18.4. The molecular weight excluding hydrogens is 360 g/mol. The lowest BCUT2D eigenvalue weighted by molar-refractivity contribution is -0.0700. The summed E-state index contributed by atoms with van der Waals surface area (Å²) in [4.78, 5) is 2.24. The number of anilines is 1. The highest BCUT2D eigenvalue weighted by atomic mass is 16.5. The first kappa shape index (κ1) is 21.3. The first-order valence-electron chi connectivity index (χ1n) is 10.3. The van der Waals surface area contributed by atoms with E-state index in [4.69, 9.17) is 10.00 Å². The van der Waals surface area contributed by atoms with Gasteiger partial charge in [0, 0.05) is 31.7 Å². The van der Waals surface area contributed by atoms with Gasteiger partial charge in [0.25, 0.3) is 0 Å². The molecule has 3 atom stereocenters. The summed E-state index contributed by atoms with van der Waals surface area (Å²) in [5.74, 6) is 0. The van der Waals surface area contributed by atoms with Gasteiger partial charge in [0.1, 0.15) is 0 Å². The molecule has 154 valence electrons. The van der Waals surface area contributed by atoms with E-state index in [9.17, 15) is 0 Å². The summed E-state index contributed by atoms with van der Waals surface area (Å²) in [6.45, 7) is 8.22. The molecule has 5 heteroatoms. The van der Waals surface area contributed by atoms with Crippen LogP contribution in [0.3, 0.4) is 0 Å². The average Bonchev–Trinajstić information content (AvgIpc) is 2.71. The molecule has 0 radical (unpaired) electrons. The van der Waals surface area contributed by atoms with Crippen LogP contribution in [-0.4, -0.2) is 56.3 Å². The number of nitriles is 1. The van der Waals surface area contributed by atoms with E-state index in [-0.39, 0.29) is 18.2 Å². The van der Waals surface area contributed by atoms with Gasteiger partial charge in [-0.2, -0.15) is 5.26 Å². The van der Waals surface area contributed by atoms with Crippen LogP contribution in [0, 0.1) is 11.3 Å². The van der Waals surface area contributed by atoms with Gasteiger partial charge in [0.2, 0.25) is 0 Å². The van der Waals surface area contributed by atoms with Gasteiger partial charge in [-0.05, 0) is 58.1 Å². The van der Waals surface area contributed by atoms with Gasteiger partial charge < -0.3 is 14.6 Å². The molecule has 1 saturated heterocycles. The lowest BCUT2D eigenvalue weighted by atomic mass is 9.95. The highest BCUT2D eigenvalue weighted by molar-refractivity contribution is 5.81. The Balaban J connectivity index is 2.11. The van der Waals surface area contributed by atoms with Gasteiger partial charge >= 0.3 is 0 Å². The molecule has 1 aliphatic rings. The molecule has 0 saturated carbocycles. The van der Waals surface area contributed by atoms with Crippen LogP contribution < -0.4 is 5.01 Å². The normalized spacial score (nSPS) is 21.0. The number of para-hydroxylation sites is 1. The molecule has 0 aliphatic carbocycles. The van der Waals surface area contributed by atoms with Crippen LogP contribution in [0.15, 0.2) is 42.5 Å². The Hall–Kier alpha value is -2.39. The second-order valence-corrected chi connectivity index (χ2v) is 8.22. The summed E-state index contributed by atoms with van der Waals surface area (Å²) in [7, 11) is 6.38. The Morgan fingerprint density at radius 2 is 1.66 bits per heavy atom. The third-order valence-corrected chi connectivity index (χ3v) is 5.77. The second kappa shape index (κ2) is 8.96. The van der Waals surface area contributed by atoms with Crippen molar-refractivity contribution in [2.24, 2.45) is 0 Å². The maximum atomic E-state index is 9.16. The summed E-state index contributed by atoms with van der Waals surface area (Å²) in [6.07, 6.45) is 0.385. The molecule has 5 nitrogen and oxygen atoms in total. The van der Waals surface area contributed by atoms with E-state index >= 15 is 0 Å². The van der Waals surface area contributed by atoms with Gasteiger partial charge in [-0.1, -0.05) is 30.3 Å². The molecular formula is C24H32N4O. The molecule has 1 unspecified atom stereocenters. The van der Waals surface area contributed by atoms with Crippen molar-refractivity contribution in [3.8, 4) is 17.2 Å². The van der Waals surface area contributed by atoms with E-state index in [1.54, 1.807) is 0 Å². The third kappa shape index (κ3) is 4.62. The summed E-state index contributed by atoms with van der Waals surface area (Å²) in [5.41, 5.74) is 5.46. The van der Waals surface area contributed by atoms with Gasteiger partial charge in [-0.15, -0.1) is 0 Å². The van der Waals surface area contributed by atoms with E-state index in [0.717, 1.165) is 18.7 Å². The summed E-state index contributed by atoms with van der Waals surface area (Å²) >= 11 is 0. The summed E-state index contributed by atoms with van der Waals surface area (Å²) in [6, 6.07) is 16.9. The highest BCUT2D eigenvalue weighted by Crippen LogP contribution is 2.39. The number of nitrogens with zero attached hydrogens (tertiary/aromatic N) is 4. The lowest BCUT2D eigenvalue weighted by Crippen LogP contribution is -2.53. The topological polar surface area (TPSA) is 42.7 Å². The zero-order valence-electron chi connectivity index (χ0n) is 18.4. The Bertz CT molecular complexity index is 861. The molecule has 29 heavy (non-hydrogen) atoms. The maximum Gasteiger partial charge on any atom is 0.0991 e. The number of hydrazine groups is 1.